The molecular formula is C13H19ClN2O. The van der Waals surface area contributed by atoms with Crippen LogP contribution in [0.2, 0.25) is 5.02 Å². The lowest BCUT2D eigenvalue weighted by atomic mass is 10.1. The third-order valence-corrected chi connectivity index (χ3v) is 2.95. The number of hydrogen-bond donors (Lipinski definition) is 2. The molecule has 0 heterocycles. The van der Waals surface area contributed by atoms with Crippen LogP contribution in [0.25, 0.3) is 0 Å². The summed E-state index contributed by atoms with van der Waals surface area (Å²) in [6.45, 7) is 3.28. The van der Waals surface area contributed by atoms with Crippen molar-refractivity contribution in [3.8, 4) is 0 Å². The molecule has 1 aromatic carbocycles. The summed E-state index contributed by atoms with van der Waals surface area (Å²) in [7, 11) is 1.86. The zero-order chi connectivity index (χ0) is 12.7. The molecule has 0 bridgehead atoms. The highest BCUT2D eigenvalue weighted by Gasteiger charge is 2.14. The van der Waals surface area contributed by atoms with E-state index in [4.69, 9.17) is 11.6 Å². The van der Waals surface area contributed by atoms with E-state index in [1.807, 2.05) is 38.2 Å². The van der Waals surface area contributed by atoms with Crippen molar-refractivity contribution >= 4 is 17.5 Å². The molecule has 17 heavy (non-hydrogen) atoms. The van der Waals surface area contributed by atoms with Crippen LogP contribution in [0.5, 0.6) is 0 Å². The molecule has 0 aliphatic rings. The first-order chi connectivity index (χ1) is 8.17. The Morgan fingerprint density at radius 1 is 1.35 bits per heavy atom. The first-order valence-corrected chi connectivity index (χ1v) is 6.22. The summed E-state index contributed by atoms with van der Waals surface area (Å²) in [5.74, 6) is 0.129. The average Bonchev–Trinajstić information content (AvgIpc) is 2.35. The first-order valence-electron chi connectivity index (χ1n) is 5.84. The lowest BCUT2D eigenvalue weighted by Crippen LogP contribution is -2.35. The maximum absolute atomic E-state index is 11.8. The molecule has 1 unspecified atom stereocenters. The van der Waals surface area contributed by atoms with Crippen LogP contribution >= 0.6 is 11.6 Å². The lowest BCUT2D eigenvalue weighted by Gasteiger charge is -2.14. The van der Waals surface area contributed by atoms with E-state index in [1.165, 1.54) is 0 Å². The molecule has 0 saturated heterocycles. The summed E-state index contributed by atoms with van der Waals surface area (Å²) in [6.07, 6.45) is 0.841. The maximum Gasteiger partial charge on any atom is 0.224 e. The second kappa shape index (κ2) is 7.30. The van der Waals surface area contributed by atoms with Gasteiger partial charge in [0.15, 0.2) is 0 Å². The monoisotopic (exact) mass is 254 g/mol. The fraction of sp³-hybridized carbons (Fsp3) is 0.462. The predicted octanol–water partition coefficient (Wildman–Crippen LogP) is 2.20. The summed E-state index contributed by atoms with van der Waals surface area (Å²) in [5, 5.41) is 6.67. The number of rotatable bonds is 6. The molecule has 0 spiro atoms. The highest BCUT2D eigenvalue weighted by Crippen LogP contribution is 2.09. The van der Waals surface area contributed by atoms with Crippen molar-refractivity contribution in [3.05, 3.63) is 34.9 Å². The van der Waals surface area contributed by atoms with Crippen LogP contribution in [0.3, 0.4) is 0 Å². The Bertz CT molecular complexity index is 351. The van der Waals surface area contributed by atoms with Gasteiger partial charge in [-0.05, 0) is 31.2 Å². The van der Waals surface area contributed by atoms with E-state index in [9.17, 15) is 4.79 Å². The van der Waals surface area contributed by atoms with Crippen LogP contribution in [-0.4, -0.2) is 19.5 Å². The summed E-state index contributed by atoms with van der Waals surface area (Å²) in [6, 6.07) is 7.49. The SMILES string of the molecule is CCC(CNC)C(=O)NCc1ccc(Cl)cc1. The number of benzene rings is 1. The molecule has 0 aromatic heterocycles. The molecule has 94 valence electrons. The minimum absolute atomic E-state index is 0.0345. The Labute approximate surface area is 108 Å². The first kappa shape index (κ1) is 14.0. The summed E-state index contributed by atoms with van der Waals surface area (Å²) in [4.78, 5) is 11.8. The molecule has 1 rings (SSSR count). The van der Waals surface area contributed by atoms with Crippen LogP contribution < -0.4 is 10.6 Å². The van der Waals surface area contributed by atoms with E-state index >= 15 is 0 Å². The van der Waals surface area contributed by atoms with Crippen molar-refractivity contribution in [2.24, 2.45) is 5.92 Å². The van der Waals surface area contributed by atoms with E-state index in [0.717, 1.165) is 12.0 Å². The van der Waals surface area contributed by atoms with E-state index < -0.39 is 0 Å². The van der Waals surface area contributed by atoms with Crippen molar-refractivity contribution in [2.45, 2.75) is 19.9 Å². The number of carbonyl (C=O) groups is 1. The minimum atomic E-state index is 0.0345. The number of amides is 1. The van der Waals surface area contributed by atoms with E-state index in [1.54, 1.807) is 0 Å². The molecule has 1 atom stereocenters. The summed E-state index contributed by atoms with van der Waals surface area (Å²) >= 11 is 5.79. The van der Waals surface area contributed by atoms with Crippen molar-refractivity contribution in [1.82, 2.24) is 10.6 Å². The molecule has 0 aliphatic heterocycles. The Kier molecular flexibility index (Phi) is 6.01. The van der Waals surface area contributed by atoms with Gasteiger partial charge >= 0.3 is 0 Å². The number of hydrogen-bond acceptors (Lipinski definition) is 2. The van der Waals surface area contributed by atoms with Gasteiger partial charge in [0.05, 0.1) is 5.92 Å². The zero-order valence-electron chi connectivity index (χ0n) is 10.3. The standard InChI is InChI=1S/C13H19ClN2O/c1-3-11(9-15-2)13(17)16-8-10-4-6-12(14)7-5-10/h4-7,11,15H,3,8-9H2,1-2H3,(H,16,17). The Balaban J connectivity index is 2.44. The second-order valence-corrected chi connectivity index (χ2v) is 4.44. The molecule has 0 radical (unpaired) electrons. The largest absolute Gasteiger partial charge is 0.352 e. The van der Waals surface area contributed by atoms with Gasteiger partial charge in [-0.1, -0.05) is 30.7 Å². The van der Waals surface area contributed by atoms with E-state index in [0.29, 0.717) is 18.1 Å². The van der Waals surface area contributed by atoms with Gasteiger partial charge in [-0.2, -0.15) is 0 Å². The van der Waals surface area contributed by atoms with Crippen molar-refractivity contribution in [2.75, 3.05) is 13.6 Å². The quantitative estimate of drug-likeness (QED) is 0.817. The van der Waals surface area contributed by atoms with Gasteiger partial charge in [-0.3, -0.25) is 4.79 Å². The lowest BCUT2D eigenvalue weighted by molar-refractivity contribution is -0.125. The molecule has 0 fully saturated rings. The van der Waals surface area contributed by atoms with Gasteiger partial charge in [0.25, 0.3) is 0 Å². The zero-order valence-corrected chi connectivity index (χ0v) is 11.1. The fourth-order valence-electron chi connectivity index (χ4n) is 1.60. The molecule has 4 heteroatoms. The number of nitrogens with one attached hydrogen (secondary N) is 2. The molecule has 1 amide bonds. The Morgan fingerprint density at radius 2 is 2.00 bits per heavy atom. The van der Waals surface area contributed by atoms with Crippen LogP contribution in [0.15, 0.2) is 24.3 Å². The van der Waals surface area contributed by atoms with Gasteiger partial charge < -0.3 is 10.6 Å². The normalized spacial score (nSPS) is 12.2. The Hall–Kier alpha value is -1.06. The van der Waals surface area contributed by atoms with Gasteiger partial charge in [0, 0.05) is 18.1 Å². The summed E-state index contributed by atoms with van der Waals surface area (Å²) < 4.78 is 0. The molecule has 0 aliphatic carbocycles. The number of carbonyl (C=O) groups excluding carboxylic acids is 1. The van der Waals surface area contributed by atoms with Gasteiger partial charge in [-0.25, -0.2) is 0 Å². The second-order valence-electron chi connectivity index (χ2n) is 4.01. The van der Waals surface area contributed by atoms with Crippen LogP contribution in [-0.2, 0) is 11.3 Å². The highest BCUT2D eigenvalue weighted by molar-refractivity contribution is 6.30. The minimum Gasteiger partial charge on any atom is -0.352 e. The molecule has 3 nitrogen and oxygen atoms in total. The van der Waals surface area contributed by atoms with Crippen LogP contribution in [0, 0.1) is 5.92 Å². The number of halogens is 1. The van der Waals surface area contributed by atoms with Gasteiger partial charge in [0.1, 0.15) is 0 Å². The molecular weight excluding hydrogens is 236 g/mol. The van der Waals surface area contributed by atoms with Crippen molar-refractivity contribution in [1.29, 1.82) is 0 Å². The maximum atomic E-state index is 11.8. The molecule has 2 N–H and O–H groups in total. The average molecular weight is 255 g/mol. The van der Waals surface area contributed by atoms with Crippen molar-refractivity contribution in [3.63, 3.8) is 0 Å². The third kappa shape index (κ3) is 4.75. The predicted molar refractivity (Wildman–Crippen MR) is 71.0 cm³/mol. The third-order valence-electron chi connectivity index (χ3n) is 2.69. The van der Waals surface area contributed by atoms with E-state index in [-0.39, 0.29) is 11.8 Å². The smallest absolute Gasteiger partial charge is 0.224 e. The van der Waals surface area contributed by atoms with Crippen LogP contribution in [0.1, 0.15) is 18.9 Å². The van der Waals surface area contributed by atoms with Crippen LogP contribution in [0.4, 0.5) is 0 Å². The molecule has 1 aromatic rings. The molecule has 0 saturated carbocycles. The van der Waals surface area contributed by atoms with Gasteiger partial charge in [0.2, 0.25) is 5.91 Å². The Morgan fingerprint density at radius 3 is 2.53 bits per heavy atom. The van der Waals surface area contributed by atoms with Crippen molar-refractivity contribution < 1.29 is 4.79 Å². The summed E-state index contributed by atoms with van der Waals surface area (Å²) in [5.41, 5.74) is 1.06. The fourth-order valence-corrected chi connectivity index (χ4v) is 1.73. The highest BCUT2D eigenvalue weighted by atomic mass is 35.5. The van der Waals surface area contributed by atoms with Gasteiger partial charge in [-0.15, -0.1) is 0 Å². The van der Waals surface area contributed by atoms with E-state index in [2.05, 4.69) is 10.6 Å². The topological polar surface area (TPSA) is 41.1 Å².